The number of hydrogen-bond donors (Lipinski definition) is 3. The van der Waals surface area contributed by atoms with Crippen molar-refractivity contribution in [2.75, 3.05) is 17.7 Å². The number of hydrogen-bond acceptors (Lipinski definition) is 9. The van der Waals surface area contributed by atoms with Crippen LogP contribution in [0.5, 0.6) is 5.75 Å². The molecule has 3 atom stereocenters. The first kappa shape index (κ1) is 35.3. The van der Waals surface area contributed by atoms with Gasteiger partial charge in [-0.1, -0.05) is 57.2 Å². The topological polar surface area (TPSA) is 131 Å². The summed E-state index contributed by atoms with van der Waals surface area (Å²) in [6, 6.07) is 19.6. The van der Waals surface area contributed by atoms with E-state index in [9.17, 15) is 4.79 Å². The summed E-state index contributed by atoms with van der Waals surface area (Å²) in [7, 11) is 0. The molecule has 1 fully saturated rings. The van der Waals surface area contributed by atoms with Gasteiger partial charge in [0.15, 0.2) is 5.65 Å². The Hall–Kier alpha value is -4.55. The number of rotatable bonds is 9. The molecule has 12 heteroatoms. The second-order valence-electron chi connectivity index (χ2n) is 14.0. The quantitative estimate of drug-likeness (QED) is 0.0919. The number of allylic oxidation sites excluding steroid dienone is 1. The molecule has 1 aliphatic heterocycles. The highest BCUT2D eigenvalue weighted by Crippen LogP contribution is 2.39. The third-order valence-corrected chi connectivity index (χ3v) is 9.69. The molecule has 264 valence electrons. The molecule has 0 radical (unpaired) electrons. The number of fused-ring (bicyclic) bond motifs is 2. The summed E-state index contributed by atoms with van der Waals surface area (Å²) in [4.78, 5) is 20.7. The Morgan fingerprint density at radius 1 is 1.06 bits per heavy atom. The number of carbonyl (C=O) groups is 1. The lowest BCUT2D eigenvalue weighted by Gasteiger charge is -2.33. The van der Waals surface area contributed by atoms with Crippen LogP contribution in [0.3, 0.4) is 0 Å². The highest BCUT2D eigenvalue weighted by atomic mass is 32.2. The van der Waals surface area contributed by atoms with E-state index in [4.69, 9.17) is 19.6 Å². The first-order valence-electron chi connectivity index (χ1n) is 17.3. The molecule has 0 saturated carbocycles. The van der Waals surface area contributed by atoms with Crippen molar-refractivity contribution in [2.45, 2.75) is 84.6 Å². The average molecular weight is 697 g/mol. The van der Waals surface area contributed by atoms with E-state index in [1.807, 2.05) is 86.2 Å². The SMILES string of the molecule is CSOCc1cccc(N=C(C=C(N)C(C)(C)C)NC(=O)N[C@H]2CC[C@@H](Oc3ccc4nnc(N5CCCC[C@@H]5C)n4c3)c3ccccc32)c1. The predicted octanol–water partition coefficient (Wildman–Crippen LogP) is 7.78. The molecule has 4 N–H and O–H groups in total. The van der Waals surface area contributed by atoms with E-state index in [0.29, 0.717) is 36.3 Å². The van der Waals surface area contributed by atoms with Crippen molar-refractivity contribution in [3.05, 3.63) is 95.3 Å². The summed E-state index contributed by atoms with van der Waals surface area (Å²) in [6.07, 6.45) is 10.4. The number of piperidine rings is 1. The van der Waals surface area contributed by atoms with E-state index in [0.717, 1.165) is 59.8 Å². The molecule has 0 bridgehead atoms. The fraction of sp³-hybridized carbons (Fsp3) is 0.421. The average Bonchev–Trinajstić information content (AvgIpc) is 3.51. The Morgan fingerprint density at radius 2 is 1.88 bits per heavy atom. The zero-order valence-electron chi connectivity index (χ0n) is 29.6. The van der Waals surface area contributed by atoms with Gasteiger partial charge in [-0.2, -0.15) is 0 Å². The summed E-state index contributed by atoms with van der Waals surface area (Å²) in [6.45, 7) is 9.73. The number of ether oxygens (including phenoxy) is 1. The van der Waals surface area contributed by atoms with Crippen LogP contribution in [0.2, 0.25) is 0 Å². The van der Waals surface area contributed by atoms with Crippen molar-refractivity contribution in [1.82, 2.24) is 25.2 Å². The van der Waals surface area contributed by atoms with Crippen molar-refractivity contribution in [1.29, 1.82) is 0 Å². The summed E-state index contributed by atoms with van der Waals surface area (Å²) in [5, 5.41) is 15.1. The molecule has 2 aromatic carbocycles. The summed E-state index contributed by atoms with van der Waals surface area (Å²) >= 11 is 1.31. The number of benzene rings is 2. The van der Waals surface area contributed by atoms with Gasteiger partial charge in [0.1, 0.15) is 17.7 Å². The molecular weight excluding hydrogens is 649 g/mol. The first-order valence-corrected chi connectivity index (χ1v) is 18.5. The van der Waals surface area contributed by atoms with Crippen LogP contribution in [-0.2, 0) is 10.8 Å². The third kappa shape index (κ3) is 8.42. The lowest BCUT2D eigenvalue weighted by atomic mass is 9.85. The van der Waals surface area contributed by atoms with Gasteiger partial charge in [-0.05, 0) is 92.0 Å². The van der Waals surface area contributed by atoms with Crippen LogP contribution in [0, 0.1) is 5.41 Å². The van der Waals surface area contributed by atoms with Gasteiger partial charge in [-0.25, -0.2) is 9.79 Å². The normalized spacial score (nSPS) is 20.0. The van der Waals surface area contributed by atoms with E-state index in [1.165, 1.54) is 18.5 Å². The van der Waals surface area contributed by atoms with Crippen LogP contribution >= 0.6 is 12.0 Å². The van der Waals surface area contributed by atoms with E-state index < -0.39 is 0 Å². The van der Waals surface area contributed by atoms with Gasteiger partial charge < -0.3 is 24.9 Å². The zero-order valence-corrected chi connectivity index (χ0v) is 30.4. The van der Waals surface area contributed by atoms with Gasteiger partial charge in [-0.3, -0.25) is 9.72 Å². The minimum Gasteiger partial charge on any atom is -0.484 e. The lowest BCUT2D eigenvalue weighted by molar-refractivity contribution is 0.171. The fourth-order valence-electron chi connectivity index (χ4n) is 6.46. The number of nitrogens with two attached hydrogens (primary N) is 1. The number of carbonyl (C=O) groups excluding carboxylic acids is 1. The molecule has 50 heavy (non-hydrogen) atoms. The summed E-state index contributed by atoms with van der Waals surface area (Å²) in [5.41, 5.74) is 11.3. The second kappa shape index (κ2) is 15.6. The van der Waals surface area contributed by atoms with Crippen molar-refractivity contribution in [2.24, 2.45) is 16.1 Å². The molecule has 1 aliphatic carbocycles. The largest absolute Gasteiger partial charge is 0.484 e. The number of nitrogens with one attached hydrogen (secondary N) is 2. The lowest BCUT2D eigenvalue weighted by Crippen LogP contribution is -2.42. The van der Waals surface area contributed by atoms with Crippen LogP contribution in [0.1, 0.15) is 88.6 Å². The van der Waals surface area contributed by atoms with Crippen LogP contribution in [-0.4, -0.2) is 45.3 Å². The van der Waals surface area contributed by atoms with Crippen LogP contribution in [0.4, 0.5) is 16.4 Å². The van der Waals surface area contributed by atoms with Gasteiger partial charge >= 0.3 is 6.03 Å². The number of nitrogens with zero attached hydrogens (tertiary/aromatic N) is 5. The Morgan fingerprint density at radius 3 is 2.66 bits per heavy atom. The molecule has 11 nitrogen and oxygen atoms in total. The molecule has 1 saturated heterocycles. The van der Waals surface area contributed by atoms with Gasteiger partial charge in [0, 0.05) is 36.0 Å². The highest BCUT2D eigenvalue weighted by Gasteiger charge is 2.30. The molecule has 4 aromatic rings. The third-order valence-electron chi connectivity index (χ3n) is 9.34. The molecule has 0 spiro atoms. The molecular formula is C38H48N8O3S. The number of aromatic nitrogens is 3. The van der Waals surface area contributed by atoms with E-state index in [2.05, 4.69) is 44.8 Å². The minimum atomic E-state index is -0.361. The van der Waals surface area contributed by atoms with Crippen molar-refractivity contribution < 1.29 is 13.7 Å². The molecule has 2 aromatic heterocycles. The van der Waals surface area contributed by atoms with E-state index in [-0.39, 0.29) is 23.6 Å². The number of pyridine rings is 1. The van der Waals surface area contributed by atoms with Crippen LogP contribution in [0.15, 0.2) is 83.6 Å². The maximum atomic E-state index is 13.6. The molecule has 2 amide bonds. The molecule has 6 rings (SSSR count). The van der Waals surface area contributed by atoms with Crippen molar-refractivity contribution in [3.8, 4) is 5.75 Å². The number of amidine groups is 1. The monoisotopic (exact) mass is 696 g/mol. The zero-order chi connectivity index (χ0) is 35.3. The number of anilines is 1. The second-order valence-corrected chi connectivity index (χ2v) is 14.6. The maximum Gasteiger partial charge on any atom is 0.320 e. The van der Waals surface area contributed by atoms with Gasteiger partial charge in [0.25, 0.3) is 0 Å². The molecule has 0 unspecified atom stereocenters. The van der Waals surface area contributed by atoms with E-state index >= 15 is 0 Å². The first-order chi connectivity index (χ1) is 24.1. The standard InChI is InChI=1S/C38H48N8O3S/c1-25-11-8-9-20-45(25)37-44-43-35-19-16-28(23-46(35)37)49-32-18-17-31(29-14-6-7-15-30(29)32)41-36(47)42-34(22-33(39)38(2,3)4)40-27-13-10-12-26(21-27)24-48-50-5/h6-7,10,12-16,19,21-23,25,31-32H,8-9,11,17-18,20,24,39H2,1-5H3,(H2,40,41,42,47)/t25-,31-,32+/m0/s1. The van der Waals surface area contributed by atoms with Crippen molar-refractivity contribution >= 4 is 41.2 Å². The Balaban J connectivity index is 1.19. The Labute approximate surface area is 298 Å². The Bertz CT molecular complexity index is 1870. The highest BCUT2D eigenvalue weighted by molar-refractivity contribution is 7.93. The molecule has 3 heterocycles. The molecule has 2 aliphatic rings. The smallest absolute Gasteiger partial charge is 0.320 e. The van der Waals surface area contributed by atoms with Crippen molar-refractivity contribution in [3.63, 3.8) is 0 Å². The summed E-state index contributed by atoms with van der Waals surface area (Å²) < 4.78 is 14.2. The van der Waals surface area contributed by atoms with Crippen LogP contribution < -0.4 is 26.0 Å². The maximum absolute atomic E-state index is 13.6. The van der Waals surface area contributed by atoms with Gasteiger partial charge in [-0.15, -0.1) is 10.2 Å². The number of aliphatic imine (C=N–C) groups is 1. The van der Waals surface area contributed by atoms with Gasteiger partial charge in [0.05, 0.1) is 24.5 Å². The summed E-state index contributed by atoms with van der Waals surface area (Å²) in [5.74, 6) is 1.96. The number of urea groups is 1. The number of amides is 2. The van der Waals surface area contributed by atoms with Gasteiger partial charge in [0.2, 0.25) is 5.95 Å². The predicted molar refractivity (Wildman–Crippen MR) is 201 cm³/mol. The Kier molecular flexibility index (Phi) is 11.0. The minimum absolute atomic E-state index is 0.174. The van der Waals surface area contributed by atoms with Crippen LogP contribution in [0.25, 0.3) is 5.65 Å². The van der Waals surface area contributed by atoms with E-state index in [1.54, 1.807) is 6.08 Å². The fourth-order valence-corrected chi connectivity index (χ4v) is 6.71.